The molecule has 1 heterocycles. The van der Waals surface area contributed by atoms with Crippen LogP contribution in [-0.4, -0.2) is 21.5 Å². The second-order valence-electron chi connectivity index (χ2n) is 4.31. The second kappa shape index (κ2) is 6.68. The molecule has 1 aromatic heterocycles. The van der Waals surface area contributed by atoms with Crippen LogP contribution >= 0.6 is 0 Å². The fraction of sp³-hybridized carbons (Fsp3) is 0.200. The van der Waals surface area contributed by atoms with E-state index in [-0.39, 0.29) is 25.1 Å². The minimum Gasteiger partial charge on any atom is -0.395 e. The van der Waals surface area contributed by atoms with E-state index in [1.807, 2.05) is 0 Å². The molecule has 1 aromatic carbocycles. The first-order valence-electron chi connectivity index (χ1n) is 6.28. The molecule has 5 nitrogen and oxygen atoms in total. The summed E-state index contributed by atoms with van der Waals surface area (Å²) >= 11 is 0. The maximum absolute atomic E-state index is 13.3. The molecule has 0 aliphatic carbocycles. The number of aromatic nitrogens is 2. The lowest BCUT2D eigenvalue weighted by Crippen LogP contribution is -2.28. The first kappa shape index (κ1) is 14.8. The van der Waals surface area contributed by atoms with Gasteiger partial charge in [-0.1, -0.05) is 17.9 Å². The molecule has 0 unspecified atom stereocenters. The summed E-state index contributed by atoms with van der Waals surface area (Å²) < 4.78 is 14.4. The number of rotatable bonds is 3. The van der Waals surface area contributed by atoms with Gasteiger partial charge in [-0.2, -0.15) is 0 Å². The van der Waals surface area contributed by atoms with Gasteiger partial charge in [0.15, 0.2) is 0 Å². The van der Waals surface area contributed by atoms with Crippen molar-refractivity contribution in [1.82, 2.24) is 9.78 Å². The highest BCUT2D eigenvalue weighted by Gasteiger charge is 2.05. The van der Waals surface area contributed by atoms with Crippen molar-refractivity contribution >= 4 is 0 Å². The maximum Gasteiger partial charge on any atom is 0.265 e. The molecule has 21 heavy (non-hydrogen) atoms. The Morgan fingerprint density at radius 1 is 1.24 bits per heavy atom. The van der Waals surface area contributed by atoms with Gasteiger partial charge in [0.2, 0.25) is 0 Å². The SMILES string of the molecule is O=c1ccc(=O)n(Cc2ccc(F)cc2C#CCCO)[nH]1. The van der Waals surface area contributed by atoms with Crippen molar-refractivity contribution in [3.63, 3.8) is 0 Å². The predicted molar refractivity (Wildman–Crippen MR) is 75.4 cm³/mol. The fourth-order valence-electron chi connectivity index (χ4n) is 1.77. The predicted octanol–water partition coefficient (Wildman–Crippen LogP) is 0.458. The highest BCUT2D eigenvalue weighted by molar-refractivity contribution is 5.41. The van der Waals surface area contributed by atoms with Crippen molar-refractivity contribution in [2.75, 3.05) is 6.61 Å². The van der Waals surface area contributed by atoms with E-state index in [1.54, 1.807) is 0 Å². The molecule has 0 bridgehead atoms. The molecule has 6 heteroatoms. The Labute approximate surface area is 119 Å². The number of benzene rings is 1. The van der Waals surface area contributed by atoms with Crippen molar-refractivity contribution in [2.45, 2.75) is 13.0 Å². The largest absolute Gasteiger partial charge is 0.395 e. The molecule has 0 saturated carbocycles. The van der Waals surface area contributed by atoms with Crippen LogP contribution in [0.4, 0.5) is 4.39 Å². The summed E-state index contributed by atoms with van der Waals surface area (Å²) in [6.45, 7) is 0.00143. The van der Waals surface area contributed by atoms with Gasteiger partial charge in [0.05, 0.1) is 13.2 Å². The van der Waals surface area contributed by atoms with Crippen LogP contribution in [0, 0.1) is 17.7 Å². The molecule has 0 radical (unpaired) electrons. The van der Waals surface area contributed by atoms with E-state index in [0.29, 0.717) is 11.1 Å². The Morgan fingerprint density at radius 3 is 2.81 bits per heavy atom. The average molecular weight is 288 g/mol. The van der Waals surface area contributed by atoms with Crippen molar-refractivity contribution in [1.29, 1.82) is 0 Å². The van der Waals surface area contributed by atoms with Gasteiger partial charge in [0.25, 0.3) is 11.1 Å². The van der Waals surface area contributed by atoms with E-state index in [9.17, 15) is 14.0 Å². The molecule has 0 aliphatic rings. The lowest BCUT2D eigenvalue weighted by atomic mass is 10.1. The van der Waals surface area contributed by atoms with Crippen LogP contribution in [0.25, 0.3) is 0 Å². The van der Waals surface area contributed by atoms with Crippen molar-refractivity contribution in [3.8, 4) is 11.8 Å². The number of aliphatic hydroxyl groups is 1. The molecule has 0 spiro atoms. The van der Waals surface area contributed by atoms with Crippen molar-refractivity contribution in [2.24, 2.45) is 0 Å². The highest BCUT2D eigenvalue weighted by Crippen LogP contribution is 2.11. The Bertz CT molecular complexity index is 812. The Morgan fingerprint density at radius 2 is 2.05 bits per heavy atom. The van der Waals surface area contributed by atoms with E-state index in [2.05, 4.69) is 16.9 Å². The minimum atomic E-state index is -0.444. The number of hydrogen-bond donors (Lipinski definition) is 2. The molecule has 0 atom stereocenters. The standard InChI is InChI=1S/C15H13FN2O3/c16-13-5-4-12(11(9-13)3-1-2-8-19)10-18-15(21)7-6-14(20)17-18/h4-7,9,19H,2,8,10H2,(H,17,20). The summed E-state index contributed by atoms with van der Waals surface area (Å²) in [5, 5.41) is 11.1. The van der Waals surface area contributed by atoms with E-state index >= 15 is 0 Å². The summed E-state index contributed by atoms with van der Waals surface area (Å²) in [6.07, 6.45) is 0.276. The minimum absolute atomic E-state index is 0.0802. The maximum atomic E-state index is 13.3. The van der Waals surface area contributed by atoms with Gasteiger partial charge >= 0.3 is 0 Å². The van der Waals surface area contributed by atoms with E-state index in [1.165, 1.54) is 24.3 Å². The van der Waals surface area contributed by atoms with E-state index < -0.39 is 11.4 Å². The number of H-pyrrole nitrogens is 1. The molecular weight excluding hydrogens is 275 g/mol. The van der Waals surface area contributed by atoms with Gasteiger partial charge in [0, 0.05) is 24.1 Å². The van der Waals surface area contributed by atoms with Crippen molar-refractivity contribution < 1.29 is 9.50 Å². The first-order chi connectivity index (χ1) is 10.1. The van der Waals surface area contributed by atoms with Gasteiger partial charge in [-0.3, -0.25) is 14.7 Å². The molecule has 2 N–H and O–H groups in total. The molecule has 0 amide bonds. The number of aromatic amines is 1. The number of nitrogens with one attached hydrogen (secondary N) is 1. The number of aliphatic hydroxyl groups excluding tert-OH is 1. The van der Waals surface area contributed by atoms with Gasteiger partial charge < -0.3 is 5.11 Å². The first-order valence-corrected chi connectivity index (χ1v) is 6.28. The zero-order valence-electron chi connectivity index (χ0n) is 11.1. The smallest absolute Gasteiger partial charge is 0.265 e. The Balaban J connectivity index is 2.40. The van der Waals surface area contributed by atoms with Crippen LogP contribution in [0.2, 0.25) is 0 Å². The molecular formula is C15H13FN2O3. The topological polar surface area (TPSA) is 75.1 Å². The van der Waals surface area contributed by atoms with E-state index in [4.69, 9.17) is 5.11 Å². The van der Waals surface area contributed by atoms with Gasteiger partial charge in [-0.05, 0) is 17.7 Å². The summed E-state index contributed by atoms with van der Waals surface area (Å²) in [7, 11) is 0. The zero-order valence-corrected chi connectivity index (χ0v) is 11.1. The molecule has 0 fully saturated rings. The summed E-state index contributed by atoms with van der Waals surface area (Å²) in [5.41, 5.74) is 0.253. The monoisotopic (exact) mass is 288 g/mol. The summed E-state index contributed by atoms with van der Waals surface area (Å²) in [6, 6.07) is 6.34. The lowest BCUT2D eigenvalue weighted by Gasteiger charge is -2.07. The lowest BCUT2D eigenvalue weighted by molar-refractivity contribution is 0.305. The number of hydrogen-bond acceptors (Lipinski definition) is 3. The average Bonchev–Trinajstić information content (AvgIpc) is 2.46. The van der Waals surface area contributed by atoms with Crippen molar-refractivity contribution in [3.05, 3.63) is 68.0 Å². The van der Waals surface area contributed by atoms with Crippen LogP contribution in [0.5, 0.6) is 0 Å². The highest BCUT2D eigenvalue weighted by atomic mass is 19.1. The number of nitrogens with zero attached hydrogens (tertiary/aromatic N) is 1. The van der Waals surface area contributed by atoms with Crippen LogP contribution in [0.15, 0.2) is 39.9 Å². The van der Waals surface area contributed by atoms with Gasteiger partial charge in [0.1, 0.15) is 5.82 Å². The normalized spacial score (nSPS) is 10.0. The van der Waals surface area contributed by atoms with Crippen LogP contribution in [0.1, 0.15) is 17.5 Å². The van der Waals surface area contributed by atoms with Crippen LogP contribution in [0.3, 0.4) is 0 Å². The molecule has 0 aliphatic heterocycles. The van der Waals surface area contributed by atoms with E-state index in [0.717, 1.165) is 10.7 Å². The zero-order chi connectivity index (χ0) is 15.2. The Kier molecular flexibility index (Phi) is 4.69. The van der Waals surface area contributed by atoms with Gasteiger partial charge in [-0.25, -0.2) is 9.07 Å². The third kappa shape index (κ3) is 3.91. The van der Waals surface area contributed by atoms with Crippen LogP contribution in [-0.2, 0) is 6.54 Å². The summed E-state index contributed by atoms with van der Waals surface area (Å²) in [4.78, 5) is 22.9. The van der Waals surface area contributed by atoms with Crippen LogP contribution < -0.4 is 11.1 Å². The fourth-order valence-corrected chi connectivity index (χ4v) is 1.77. The number of halogens is 1. The third-order valence-electron chi connectivity index (χ3n) is 2.75. The Hall–Kier alpha value is -2.65. The van der Waals surface area contributed by atoms with Gasteiger partial charge in [-0.15, -0.1) is 0 Å². The molecule has 2 rings (SSSR count). The second-order valence-corrected chi connectivity index (χ2v) is 4.31. The quantitative estimate of drug-likeness (QED) is 0.806. The third-order valence-corrected chi connectivity index (χ3v) is 2.75. The molecule has 0 saturated heterocycles. The molecule has 2 aromatic rings. The molecule has 108 valence electrons. The summed E-state index contributed by atoms with van der Waals surface area (Å²) in [5.74, 6) is 5.01.